The van der Waals surface area contributed by atoms with Crippen molar-refractivity contribution in [1.82, 2.24) is 9.88 Å². The summed E-state index contributed by atoms with van der Waals surface area (Å²) in [7, 11) is 2.39. The van der Waals surface area contributed by atoms with Crippen molar-refractivity contribution in [2.24, 2.45) is 5.92 Å². The summed E-state index contributed by atoms with van der Waals surface area (Å²) >= 11 is 0. The van der Waals surface area contributed by atoms with E-state index in [2.05, 4.69) is 4.98 Å². The standard InChI is InChI=1S/C34H39F2N3O6Si/c1-20-7-12-25(13-8-20)38(3)32(41)27-6-4-5-24(37-27)19-44-33(42)28-16-31(46)26(17-39(28)21(2)40)23-11-14-29(45-34(35)36)30(15-23)43-18-22-9-10-22/h4-8,11-15,22,26,28,31,34H,9-10,16-19H2,1-3,46H3/t26-,28-,31?/m1/s1. The number of esters is 1. The molecule has 0 spiro atoms. The molecule has 0 bridgehead atoms. The number of ether oxygens (including phenoxy) is 3. The van der Waals surface area contributed by atoms with Gasteiger partial charge in [0, 0.05) is 42.4 Å². The van der Waals surface area contributed by atoms with Crippen LogP contribution in [0.25, 0.3) is 0 Å². The van der Waals surface area contributed by atoms with Crippen molar-refractivity contribution in [3.05, 3.63) is 83.2 Å². The molecule has 244 valence electrons. The lowest BCUT2D eigenvalue weighted by Gasteiger charge is -2.41. The molecule has 2 aliphatic rings. The first-order valence-corrected chi connectivity index (χ1v) is 16.6. The molecule has 1 unspecified atom stereocenters. The minimum Gasteiger partial charge on any atom is -0.489 e. The Hall–Kier alpha value is -4.32. The maximum atomic E-state index is 13.4. The van der Waals surface area contributed by atoms with Crippen LogP contribution in [0.4, 0.5) is 14.5 Å². The molecule has 1 saturated carbocycles. The molecule has 3 aromatic rings. The van der Waals surface area contributed by atoms with Gasteiger partial charge < -0.3 is 24.0 Å². The van der Waals surface area contributed by atoms with E-state index in [0.29, 0.717) is 34.9 Å². The normalized spacial score (nSPS) is 19.5. The van der Waals surface area contributed by atoms with E-state index in [-0.39, 0.29) is 53.6 Å². The highest BCUT2D eigenvalue weighted by atomic mass is 28.1. The molecule has 1 aromatic heterocycles. The van der Waals surface area contributed by atoms with Crippen LogP contribution in [0.3, 0.4) is 0 Å². The number of pyridine rings is 1. The first-order chi connectivity index (χ1) is 22.0. The van der Waals surface area contributed by atoms with Crippen LogP contribution in [-0.2, 0) is 20.9 Å². The third-order valence-corrected chi connectivity index (χ3v) is 9.90. The monoisotopic (exact) mass is 651 g/mol. The molecule has 12 heteroatoms. The fraction of sp³-hybridized carbons (Fsp3) is 0.412. The lowest BCUT2D eigenvalue weighted by Crippen LogP contribution is -2.51. The number of hydrogen-bond donors (Lipinski definition) is 0. The van der Waals surface area contributed by atoms with Gasteiger partial charge in [-0.1, -0.05) is 29.8 Å². The first-order valence-electron chi connectivity index (χ1n) is 15.5. The van der Waals surface area contributed by atoms with Gasteiger partial charge in [-0.05, 0) is 79.6 Å². The molecule has 2 aromatic carbocycles. The predicted molar refractivity (Wildman–Crippen MR) is 171 cm³/mol. The number of carbonyl (C=O) groups is 3. The number of alkyl halides is 2. The molecular formula is C34H39F2N3O6Si. The molecule has 1 saturated heterocycles. The van der Waals surface area contributed by atoms with Crippen molar-refractivity contribution >= 4 is 33.7 Å². The Bertz CT molecular complexity index is 1570. The molecule has 1 aliphatic heterocycles. The number of likely N-dealkylation sites (tertiary alicyclic amines) is 1. The van der Waals surface area contributed by atoms with Crippen LogP contribution >= 0.6 is 0 Å². The molecule has 9 nitrogen and oxygen atoms in total. The SMILES string of the molecule is CC(=O)N1C[C@H](c2ccc(OC(F)F)c(OCC3CC3)c2)C([SiH3])C[C@@H]1C(=O)OCc1cccc(C(=O)N(C)c2ccc(C)cc2)n1. The van der Waals surface area contributed by atoms with E-state index in [1.165, 1.54) is 22.8 Å². The number of halogens is 2. The minimum absolute atomic E-state index is 0.0221. The van der Waals surface area contributed by atoms with Crippen molar-refractivity contribution in [2.45, 2.75) is 63.8 Å². The number of hydrogen-bond acceptors (Lipinski definition) is 7. The Morgan fingerprint density at radius 3 is 2.48 bits per heavy atom. The Kier molecular flexibility index (Phi) is 10.3. The Balaban J connectivity index is 1.25. The van der Waals surface area contributed by atoms with Crippen LogP contribution in [0, 0.1) is 12.8 Å². The van der Waals surface area contributed by atoms with Gasteiger partial charge in [0.05, 0.1) is 12.3 Å². The smallest absolute Gasteiger partial charge is 0.387 e. The van der Waals surface area contributed by atoms with E-state index >= 15 is 0 Å². The minimum atomic E-state index is -2.98. The zero-order valence-electron chi connectivity index (χ0n) is 26.4. The first kappa shape index (κ1) is 33.1. The third-order valence-electron chi connectivity index (χ3n) is 8.63. The number of anilines is 1. The molecule has 0 N–H and O–H groups in total. The second-order valence-corrected chi connectivity index (χ2v) is 13.7. The maximum Gasteiger partial charge on any atom is 0.387 e. The maximum absolute atomic E-state index is 13.4. The topological polar surface area (TPSA) is 98.3 Å². The number of benzene rings is 2. The van der Waals surface area contributed by atoms with Crippen molar-refractivity contribution in [3.63, 3.8) is 0 Å². The van der Waals surface area contributed by atoms with Gasteiger partial charge in [-0.25, -0.2) is 9.78 Å². The number of aryl methyl sites for hydroxylation is 1. The summed E-state index contributed by atoms with van der Waals surface area (Å²) in [4.78, 5) is 46.7. The molecule has 2 fully saturated rings. The average molecular weight is 652 g/mol. The number of nitrogens with zero attached hydrogens (tertiary/aromatic N) is 3. The molecule has 1 aliphatic carbocycles. The van der Waals surface area contributed by atoms with Gasteiger partial charge in [0.25, 0.3) is 5.91 Å². The van der Waals surface area contributed by atoms with Crippen LogP contribution < -0.4 is 14.4 Å². The number of carbonyl (C=O) groups excluding carboxylic acids is 3. The third kappa shape index (κ3) is 8.09. The lowest BCUT2D eigenvalue weighted by molar-refractivity contribution is -0.157. The number of rotatable bonds is 11. The van der Waals surface area contributed by atoms with Crippen LogP contribution in [-0.4, -0.2) is 70.8 Å². The Morgan fingerprint density at radius 1 is 1.07 bits per heavy atom. The van der Waals surface area contributed by atoms with Gasteiger partial charge in [-0.3, -0.25) is 9.59 Å². The second-order valence-electron chi connectivity index (χ2n) is 12.2. The van der Waals surface area contributed by atoms with Gasteiger partial charge in [0.2, 0.25) is 5.91 Å². The van der Waals surface area contributed by atoms with Gasteiger partial charge in [-0.15, -0.1) is 0 Å². The highest BCUT2D eigenvalue weighted by molar-refractivity contribution is 6.12. The van der Waals surface area contributed by atoms with Gasteiger partial charge in [0.15, 0.2) is 11.5 Å². The molecule has 2 amide bonds. The molecule has 3 atom stereocenters. The van der Waals surface area contributed by atoms with Crippen molar-refractivity contribution in [2.75, 3.05) is 25.1 Å². The molecule has 2 heterocycles. The fourth-order valence-electron chi connectivity index (χ4n) is 5.70. The quantitative estimate of drug-likeness (QED) is 0.220. The van der Waals surface area contributed by atoms with E-state index in [4.69, 9.17) is 14.2 Å². The number of amides is 2. The predicted octanol–water partition coefficient (Wildman–Crippen LogP) is 4.66. The summed E-state index contributed by atoms with van der Waals surface area (Å²) in [6.07, 6.45) is 2.49. The zero-order valence-corrected chi connectivity index (χ0v) is 28.4. The fourth-order valence-corrected chi connectivity index (χ4v) is 6.74. The van der Waals surface area contributed by atoms with E-state index < -0.39 is 18.6 Å². The summed E-state index contributed by atoms with van der Waals surface area (Å²) in [5, 5.41) is 0. The van der Waals surface area contributed by atoms with Crippen molar-refractivity contribution in [3.8, 4) is 11.5 Å². The van der Waals surface area contributed by atoms with E-state index in [1.54, 1.807) is 37.4 Å². The van der Waals surface area contributed by atoms with Crippen LogP contribution in [0.15, 0.2) is 60.7 Å². The lowest BCUT2D eigenvalue weighted by atomic mass is 9.86. The van der Waals surface area contributed by atoms with E-state index in [0.717, 1.165) is 29.7 Å². The van der Waals surface area contributed by atoms with E-state index in [9.17, 15) is 23.2 Å². The molecule has 0 radical (unpaired) electrons. The summed E-state index contributed by atoms with van der Waals surface area (Å²) < 4.78 is 42.3. The van der Waals surface area contributed by atoms with Crippen LogP contribution in [0.2, 0.25) is 5.54 Å². The number of aromatic nitrogens is 1. The van der Waals surface area contributed by atoms with Gasteiger partial charge >= 0.3 is 12.6 Å². The van der Waals surface area contributed by atoms with Crippen molar-refractivity contribution in [1.29, 1.82) is 0 Å². The largest absolute Gasteiger partial charge is 0.489 e. The zero-order chi connectivity index (χ0) is 33.0. The highest BCUT2D eigenvalue weighted by Crippen LogP contribution is 2.42. The van der Waals surface area contributed by atoms with E-state index in [1.807, 2.05) is 31.2 Å². The molecule has 46 heavy (non-hydrogen) atoms. The highest BCUT2D eigenvalue weighted by Gasteiger charge is 2.40. The van der Waals surface area contributed by atoms with Crippen LogP contribution in [0.1, 0.15) is 59.4 Å². The summed E-state index contributed by atoms with van der Waals surface area (Å²) in [6, 6.07) is 16.7. The number of piperidine rings is 1. The van der Waals surface area contributed by atoms with Gasteiger partial charge in [-0.2, -0.15) is 8.78 Å². The second kappa shape index (κ2) is 14.4. The Labute approximate surface area is 270 Å². The molecular weight excluding hydrogens is 612 g/mol. The van der Waals surface area contributed by atoms with Gasteiger partial charge in [0.1, 0.15) is 18.3 Å². The summed E-state index contributed by atoms with van der Waals surface area (Å²) in [5.41, 5.74) is 3.36. The summed E-state index contributed by atoms with van der Waals surface area (Å²) in [6.45, 7) is 0.954. The Morgan fingerprint density at radius 2 is 1.80 bits per heavy atom. The average Bonchev–Trinajstić information content (AvgIpc) is 3.87. The summed E-state index contributed by atoms with van der Waals surface area (Å²) in [5.74, 6) is -0.571. The van der Waals surface area contributed by atoms with Crippen LogP contribution in [0.5, 0.6) is 11.5 Å². The van der Waals surface area contributed by atoms with Crippen molar-refractivity contribution < 1.29 is 37.4 Å². The molecule has 5 rings (SSSR count).